The van der Waals surface area contributed by atoms with E-state index in [-0.39, 0.29) is 12.3 Å². The maximum absolute atomic E-state index is 13.3. The van der Waals surface area contributed by atoms with E-state index in [0.29, 0.717) is 25.8 Å². The van der Waals surface area contributed by atoms with E-state index in [4.69, 9.17) is 11.6 Å². The van der Waals surface area contributed by atoms with Crippen molar-refractivity contribution in [2.75, 3.05) is 0 Å². The highest BCUT2D eigenvalue weighted by molar-refractivity contribution is 7.18. The van der Waals surface area contributed by atoms with Crippen LogP contribution in [0.5, 0.6) is 0 Å². The molecular formula is C21H17ClN2O3S2. The average molecular weight is 445 g/mol. The highest BCUT2D eigenvalue weighted by Crippen LogP contribution is 2.24. The summed E-state index contributed by atoms with van der Waals surface area (Å²) < 4.78 is 2.49. The van der Waals surface area contributed by atoms with Gasteiger partial charge in [-0.15, -0.1) is 22.7 Å². The van der Waals surface area contributed by atoms with Crippen molar-refractivity contribution in [1.29, 1.82) is 0 Å². The van der Waals surface area contributed by atoms with Crippen LogP contribution in [0.2, 0.25) is 5.02 Å². The maximum Gasteiger partial charge on any atom is 0.337 e. The minimum Gasteiger partial charge on any atom is -0.291 e. The molecule has 0 aliphatic carbocycles. The van der Waals surface area contributed by atoms with E-state index in [1.807, 2.05) is 19.9 Å². The van der Waals surface area contributed by atoms with Crippen LogP contribution in [0.1, 0.15) is 26.3 Å². The third-order valence-corrected chi connectivity index (χ3v) is 7.18. The summed E-state index contributed by atoms with van der Waals surface area (Å²) in [7, 11) is 0. The minimum atomic E-state index is -0.545. The summed E-state index contributed by atoms with van der Waals surface area (Å²) >= 11 is 8.85. The average Bonchev–Trinajstić information content (AvgIpc) is 3.32. The Morgan fingerprint density at radius 1 is 1.10 bits per heavy atom. The molecule has 0 atom stereocenters. The van der Waals surface area contributed by atoms with Gasteiger partial charge in [-0.25, -0.2) is 9.36 Å². The van der Waals surface area contributed by atoms with Crippen molar-refractivity contribution < 1.29 is 4.79 Å². The normalized spacial score (nSPS) is 11.3. The van der Waals surface area contributed by atoms with Crippen LogP contribution in [0, 0.1) is 6.92 Å². The number of carbonyl (C=O) groups excluding carboxylic acids is 1. The van der Waals surface area contributed by atoms with Crippen LogP contribution in [0.4, 0.5) is 0 Å². The van der Waals surface area contributed by atoms with Gasteiger partial charge in [0.25, 0.3) is 5.56 Å². The van der Waals surface area contributed by atoms with Crippen molar-refractivity contribution in [3.8, 4) is 5.69 Å². The quantitative estimate of drug-likeness (QED) is 0.420. The van der Waals surface area contributed by atoms with Crippen LogP contribution in [-0.4, -0.2) is 14.9 Å². The summed E-state index contributed by atoms with van der Waals surface area (Å²) in [6, 6.07) is 12.0. The zero-order valence-corrected chi connectivity index (χ0v) is 18.2. The number of hydrogen-bond donors (Lipinski definition) is 0. The van der Waals surface area contributed by atoms with Crippen LogP contribution >= 0.6 is 34.3 Å². The number of aryl methyl sites for hydroxylation is 2. The van der Waals surface area contributed by atoms with Gasteiger partial charge in [0, 0.05) is 14.8 Å². The highest BCUT2D eigenvalue weighted by Gasteiger charge is 2.20. The van der Waals surface area contributed by atoms with Crippen molar-refractivity contribution >= 4 is 50.3 Å². The number of ketones is 1. The monoisotopic (exact) mass is 444 g/mol. The molecule has 5 nitrogen and oxygen atoms in total. The van der Waals surface area contributed by atoms with E-state index >= 15 is 0 Å². The molecule has 0 fully saturated rings. The molecule has 29 heavy (non-hydrogen) atoms. The number of hydrogen-bond acceptors (Lipinski definition) is 5. The van der Waals surface area contributed by atoms with Crippen molar-refractivity contribution in [3.63, 3.8) is 0 Å². The molecule has 0 N–H and O–H groups in total. The second-order valence-electron chi connectivity index (χ2n) is 6.61. The molecule has 0 aliphatic rings. The predicted octanol–water partition coefficient (Wildman–Crippen LogP) is 4.68. The molecule has 0 unspecified atom stereocenters. The number of Topliss-reactive ketones (excluding diaryl/α,β-unsaturated/α-hetero) is 1. The molecule has 0 saturated heterocycles. The van der Waals surface area contributed by atoms with Gasteiger partial charge in [0.15, 0.2) is 5.78 Å². The Bertz CT molecular complexity index is 1360. The van der Waals surface area contributed by atoms with Gasteiger partial charge >= 0.3 is 5.69 Å². The van der Waals surface area contributed by atoms with Gasteiger partial charge in [0.2, 0.25) is 0 Å². The fourth-order valence-electron chi connectivity index (χ4n) is 3.16. The van der Waals surface area contributed by atoms with Crippen molar-refractivity contribution in [2.45, 2.75) is 26.8 Å². The lowest BCUT2D eigenvalue weighted by Crippen LogP contribution is -2.39. The summed E-state index contributed by atoms with van der Waals surface area (Å²) in [6.07, 6.45) is 0.738. The van der Waals surface area contributed by atoms with Crippen molar-refractivity contribution in [1.82, 2.24) is 9.13 Å². The van der Waals surface area contributed by atoms with E-state index in [1.54, 1.807) is 36.4 Å². The summed E-state index contributed by atoms with van der Waals surface area (Å²) in [5, 5.41) is 0.853. The lowest BCUT2D eigenvalue weighted by Gasteiger charge is -2.11. The van der Waals surface area contributed by atoms with Crippen LogP contribution in [0.25, 0.3) is 15.9 Å². The number of thiophene rings is 2. The first-order chi connectivity index (χ1) is 13.9. The fraction of sp³-hybridized carbons (Fsp3) is 0.190. The third-order valence-electron chi connectivity index (χ3n) is 4.60. The molecule has 4 aromatic rings. The molecule has 0 bridgehead atoms. The molecule has 148 valence electrons. The van der Waals surface area contributed by atoms with E-state index in [9.17, 15) is 14.4 Å². The number of fused-ring (bicyclic) bond motifs is 1. The Kier molecular flexibility index (Phi) is 5.29. The van der Waals surface area contributed by atoms with Crippen LogP contribution in [-0.2, 0) is 13.0 Å². The fourth-order valence-corrected chi connectivity index (χ4v) is 5.22. The molecule has 3 heterocycles. The van der Waals surface area contributed by atoms with E-state index in [2.05, 4.69) is 0 Å². The largest absolute Gasteiger partial charge is 0.337 e. The van der Waals surface area contributed by atoms with Crippen LogP contribution < -0.4 is 11.2 Å². The number of benzene rings is 1. The minimum absolute atomic E-state index is 0.125. The summed E-state index contributed by atoms with van der Waals surface area (Å²) in [4.78, 5) is 42.4. The van der Waals surface area contributed by atoms with E-state index in [0.717, 1.165) is 20.7 Å². The van der Waals surface area contributed by atoms with E-state index in [1.165, 1.54) is 27.2 Å². The molecule has 0 spiro atoms. The number of nitrogens with zero attached hydrogens (tertiary/aromatic N) is 2. The maximum atomic E-state index is 13.3. The Labute approximate surface area is 179 Å². The molecule has 3 aromatic heterocycles. The molecule has 0 aliphatic heterocycles. The Hall–Kier alpha value is -2.48. The van der Waals surface area contributed by atoms with Gasteiger partial charge in [-0.1, -0.05) is 24.6 Å². The first-order valence-corrected chi connectivity index (χ1v) is 11.0. The topological polar surface area (TPSA) is 61.1 Å². The number of rotatable bonds is 5. The molecule has 0 saturated carbocycles. The van der Waals surface area contributed by atoms with E-state index < -0.39 is 11.2 Å². The van der Waals surface area contributed by atoms with Crippen molar-refractivity contribution in [3.05, 3.63) is 83.0 Å². The van der Waals surface area contributed by atoms with Gasteiger partial charge in [-0.3, -0.25) is 14.2 Å². The Morgan fingerprint density at radius 3 is 2.55 bits per heavy atom. The lowest BCUT2D eigenvalue weighted by atomic mass is 10.2. The zero-order valence-electron chi connectivity index (χ0n) is 15.8. The zero-order chi connectivity index (χ0) is 20.7. The van der Waals surface area contributed by atoms with Gasteiger partial charge in [0.1, 0.15) is 4.83 Å². The molecule has 1 aromatic carbocycles. The summed E-state index contributed by atoms with van der Waals surface area (Å²) in [5.74, 6) is -0.158. The first-order valence-electron chi connectivity index (χ1n) is 9.03. The van der Waals surface area contributed by atoms with Crippen LogP contribution in [0.15, 0.2) is 52.1 Å². The van der Waals surface area contributed by atoms with Gasteiger partial charge in [-0.05, 0) is 49.7 Å². The van der Waals surface area contributed by atoms with Crippen LogP contribution in [0.3, 0.4) is 0 Å². The summed E-state index contributed by atoms with van der Waals surface area (Å²) in [5.41, 5.74) is -0.568. The molecule has 8 heteroatoms. The molecular weight excluding hydrogens is 428 g/mol. The lowest BCUT2D eigenvalue weighted by molar-refractivity contribution is 0.0975. The number of aromatic nitrogens is 2. The third kappa shape index (κ3) is 3.61. The van der Waals surface area contributed by atoms with Crippen molar-refractivity contribution in [2.24, 2.45) is 0 Å². The summed E-state index contributed by atoms with van der Waals surface area (Å²) in [6.45, 7) is 3.79. The number of halogens is 1. The second kappa shape index (κ2) is 7.74. The number of carbonyl (C=O) groups is 1. The van der Waals surface area contributed by atoms with Gasteiger partial charge in [-0.2, -0.15) is 0 Å². The van der Waals surface area contributed by atoms with Gasteiger partial charge in [0.05, 0.1) is 22.5 Å². The smallest absolute Gasteiger partial charge is 0.291 e. The highest BCUT2D eigenvalue weighted by atomic mass is 35.5. The molecule has 0 radical (unpaired) electrons. The standard InChI is InChI=1S/C21H17ClN2O3S2/c1-3-15-10-16-19(26)24(14-6-4-5-13(22)9-14)21(27)23(20(16)29-15)11-17(25)18-8-7-12(2)28-18/h4-10H,3,11H2,1-2H3. The predicted molar refractivity (Wildman–Crippen MR) is 119 cm³/mol. The first kappa shape index (κ1) is 19.8. The van der Waals surface area contributed by atoms with Gasteiger partial charge < -0.3 is 0 Å². The molecule has 0 amide bonds. The second-order valence-corrected chi connectivity index (χ2v) is 9.45. The Morgan fingerprint density at radius 2 is 1.90 bits per heavy atom. The SMILES string of the molecule is CCc1cc2c(=O)n(-c3cccc(Cl)c3)c(=O)n(CC(=O)c3ccc(C)s3)c2s1. The Balaban J connectivity index is 1.97. The molecule has 4 rings (SSSR count).